The quantitative estimate of drug-likeness (QED) is 0.347. The van der Waals surface area contributed by atoms with Crippen LogP contribution in [0, 0.1) is 29.1 Å². The van der Waals surface area contributed by atoms with Crippen LogP contribution in [0.2, 0.25) is 18.1 Å². The maximum absolute atomic E-state index is 12.5. The lowest BCUT2D eigenvalue weighted by Gasteiger charge is -2.44. The van der Waals surface area contributed by atoms with E-state index >= 15 is 0 Å². The number of hydrogen-bond acceptors (Lipinski definition) is 2. The molecule has 0 aromatic rings. The van der Waals surface area contributed by atoms with Gasteiger partial charge in [-0.15, -0.1) is 0 Å². The Kier molecular flexibility index (Phi) is 8.04. The average Bonchev–Trinajstić information content (AvgIpc) is 3.02. The van der Waals surface area contributed by atoms with Crippen LogP contribution in [0.3, 0.4) is 0 Å². The smallest absolute Gasteiger partial charge is 0.192 e. The van der Waals surface area contributed by atoms with E-state index in [4.69, 9.17) is 4.43 Å². The first-order valence-corrected chi connectivity index (χ1v) is 14.8. The Hall–Kier alpha value is -0.153. The van der Waals surface area contributed by atoms with Crippen molar-refractivity contribution in [2.75, 3.05) is 0 Å². The largest absolute Gasteiger partial charge is 0.412 e. The van der Waals surface area contributed by atoms with Gasteiger partial charge in [-0.2, -0.15) is 0 Å². The van der Waals surface area contributed by atoms with Crippen molar-refractivity contribution < 1.29 is 9.22 Å². The molecule has 2 rings (SSSR count). The predicted molar refractivity (Wildman–Crippen MR) is 123 cm³/mol. The van der Waals surface area contributed by atoms with Crippen LogP contribution in [0.1, 0.15) is 100 Å². The standard InChI is InChI=1S/C25H48O2Si/c1-9-28(10-2,11-3)27-24(6,7)18-16-19(4)20(5)21-14-15-22-23(26)13-12-17-25(21,22)8/h19-22H,9-18H2,1-8H3/t19-,20-,21?,22?,25-/m1/s1. The molecule has 0 N–H and O–H groups in total. The summed E-state index contributed by atoms with van der Waals surface area (Å²) in [5.41, 5.74) is 0.259. The monoisotopic (exact) mass is 408 g/mol. The highest BCUT2D eigenvalue weighted by molar-refractivity contribution is 6.73. The van der Waals surface area contributed by atoms with E-state index in [9.17, 15) is 4.79 Å². The molecule has 0 aromatic heterocycles. The van der Waals surface area contributed by atoms with Crippen LogP contribution < -0.4 is 0 Å². The van der Waals surface area contributed by atoms with E-state index in [0.29, 0.717) is 23.5 Å². The van der Waals surface area contributed by atoms with E-state index < -0.39 is 8.32 Å². The lowest BCUT2D eigenvalue weighted by atomic mass is 9.60. The molecule has 28 heavy (non-hydrogen) atoms. The topological polar surface area (TPSA) is 26.3 Å². The van der Waals surface area contributed by atoms with E-state index in [1.807, 2.05) is 0 Å². The molecule has 2 aliphatic carbocycles. The summed E-state index contributed by atoms with van der Waals surface area (Å²) in [5, 5.41) is 0. The molecule has 0 saturated heterocycles. The lowest BCUT2D eigenvalue weighted by Crippen LogP contribution is -2.44. The molecule has 164 valence electrons. The summed E-state index contributed by atoms with van der Waals surface area (Å²) in [6.45, 7) is 19.0. The van der Waals surface area contributed by atoms with E-state index in [1.54, 1.807) is 0 Å². The first kappa shape index (κ1) is 24.1. The van der Waals surface area contributed by atoms with Gasteiger partial charge in [0.15, 0.2) is 8.32 Å². The van der Waals surface area contributed by atoms with Crippen LogP contribution in [0.5, 0.6) is 0 Å². The SMILES string of the molecule is CC[Si](CC)(CC)OC(C)(C)CC[C@@H](C)[C@@H](C)C1CCC2C(=O)CCC[C@@]21C. The Balaban J connectivity index is 1.97. The summed E-state index contributed by atoms with van der Waals surface area (Å²) in [6, 6.07) is 3.68. The number of carbonyl (C=O) groups is 1. The molecule has 5 atom stereocenters. The summed E-state index contributed by atoms with van der Waals surface area (Å²) in [6.07, 6.45) is 8.00. The van der Waals surface area contributed by atoms with Crippen LogP contribution in [0.25, 0.3) is 0 Å². The summed E-state index contributed by atoms with van der Waals surface area (Å²) >= 11 is 0. The van der Waals surface area contributed by atoms with E-state index in [-0.39, 0.29) is 11.0 Å². The number of carbonyl (C=O) groups excluding carboxylic acids is 1. The number of hydrogen-bond donors (Lipinski definition) is 0. The third kappa shape index (κ3) is 4.94. The molecule has 0 aromatic carbocycles. The van der Waals surface area contributed by atoms with Crippen molar-refractivity contribution in [3.05, 3.63) is 0 Å². The Morgan fingerprint density at radius 2 is 1.75 bits per heavy atom. The zero-order chi connectivity index (χ0) is 21.2. The van der Waals surface area contributed by atoms with Crippen molar-refractivity contribution in [2.24, 2.45) is 29.1 Å². The molecule has 2 fully saturated rings. The van der Waals surface area contributed by atoms with Gasteiger partial charge in [0.25, 0.3) is 0 Å². The van der Waals surface area contributed by atoms with Crippen molar-refractivity contribution in [2.45, 2.75) is 124 Å². The highest BCUT2D eigenvalue weighted by atomic mass is 28.4. The van der Waals surface area contributed by atoms with E-state index in [0.717, 1.165) is 31.6 Å². The number of rotatable bonds is 10. The summed E-state index contributed by atoms with van der Waals surface area (Å²) in [4.78, 5) is 12.5. The van der Waals surface area contributed by atoms with Crippen molar-refractivity contribution in [1.29, 1.82) is 0 Å². The maximum atomic E-state index is 12.5. The molecule has 0 aliphatic heterocycles. The normalized spacial score (nSPS) is 30.9. The van der Waals surface area contributed by atoms with Gasteiger partial charge in [-0.25, -0.2) is 0 Å². The highest BCUT2D eigenvalue weighted by Gasteiger charge is 2.52. The Morgan fingerprint density at radius 3 is 2.32 bits per heavy atom. The minimum absolute atomic E-state index is 0.00878. The summed E-state index contributed by atoms with van der Waals surface area (Å²) in [7, 11) is -1.56. The second kappa shape index (κ2) is 9.33. The van der Waals surface area contributed by atoms with Gasteiger partial charge in [-0.05, 0) is 93.7 Å². The van der Waals surface area contributed by atoms with Crippen molar-refractivity contribution >= 4 is 14.1 Å². The van der Waals surface area contributed by atoms with Crippen LogP contribution in [-0.4, -0.2) is 19.7 Å². The fraction of sp³-hybridized carbons (Fsp3) is 0.960. The predicted octanol–water partition coefficient (Wildman–Crippen LogP) is 7.62. The second-order valence-electron chi connectivity index (χ2n) is 11.0. The molecule has 0 heterocycles. The minimum Gasteiger partial charge on any atom is -0.412 e. The minimum atomic E-state index is -1.56. The number of fused-ring (bicyclic) bond motifs is 1. The molecule has 2 unspecified atom stereocenters. The Morgan fingerprint density at radius 1 is 1.14 bits per heavy atom. The lowest BCUT2D eigenvalue weighted by molar-refractivity contribution is -0.130. The van der Waals surface area contributed by atoms with Crippen LogP contribution in [0.15, 0.2) is 0 Å². The van der Waals surface area contributed by atoms with Crippen molar-refractivity contribution in [3.63, 3.8) is 0 Å². The van der Waals surface area contributed by atoms with Crippen LogP contribution >= 0.6 is 0 Å². The first-order valence-electron chi connectivity index (χ1n) is 12.3. The molecular weight excluding hydrogens is 360 g/mol. The average molecular weight is 409 g/mol. The molecule has 0 spiro atoms. The first-order chi connectivity index (χ1) is 13.0. The molecule has 3 heteroatoms. The molecule has 0 amide bonds. The van der Waals surface area contributed by atoms with Crippen molar-refractivity contribution in [3.8, 4) is 0 Å². The van der Waals surface area contributed by atoms with Gasteiger partial charge in [-0.1, -0.05) is 41.5 Å². The second-order valence-corrected chi connectivity index (χ2v) is 15.7. The fourth-order valence-corrected chi connectivity index (χ4v) is 9.88. The molecule has 0 bridgehead atoms. The fourth-order valence-electron chi connectivity index (χ4n) is 6.67. The zero-order valence-electron chi connectivity index (χ0n) is 20.2. The van der Waals surface area contributed by atoms with E-state index in [2.05, 4.69) is 55.4 Å². The number of Topliss-reactive ketones (excluding diaryl/α,β-unsaturated/α-hetero) is 1. The molecule has 0 radical (unpaired) electrons. The van der Waals surface area contributed by atoms with Gasteiger partial charge >= 0.3 is 0 Å². The van der Waals surface area contributed by atoms with Gasteiger partial charge in [0.1, 0.15) is 5.78 Å². The summed E-state index contributed by atoms with van der Waals surface area (Å²) < 4.78 is 6.84. The Bertz CT molecular complexity index is 516. The van der Waals surface area contributed by atoms with Crippen LogP contribution in [0.4, 0.5) is 0 Å². The summed E-state index contributed by atoms with van der Waals surface area (Å²) in [5.74, 6) is 3.02. The Labute approximate surface area is 176 Å². The molecular formula is C25H48O2Si. The van der Waals surface area contributed by atoms with Gasteiger partial charge in [-0.3, -0.25) is 4.79 Å². The van der Waals surface area contributed by atoms with Crippen molar-refractivity contribution in [1.82, 2.24) is 0 Å². The maximum Gasteiger partial charge on any atom is 0.192 e. The zero-order valence-corrected chi connectivity index (χ0v) is 21.2. The van der Waals surface area contributed by atoms with Gasteiger partial charge in [0, 0.05) is 12.3 Å². The van der Waals surface area contributed by atoms with Gasteiger partial charge < -0.3 is 4.43 Å². The number of ketones is 1. The molecule has 2 nitrogen and oxygen atoms in total. The third-order valence-electron chi connectivity index (χ3n) is 9.10. The highest BCUT2D eigenvalue weighted by Crippen LogP contribution is 2.57. The molecule has 2 saturated carbocycles. The van der Waals surface area contributed by atoms with Crippen LogP contribution in [-0.2, 0) is 9.22 Å². The van der Waals surface area contributed by atoms with Gasteiger partial charge in [0.05, 0.1) is 5.60 Å². The van der Waals surface area contributed by atoms with E-state index in [1.165, 1.54) is 37.4 Å². The molecule has 2 aliphatic rings. The van der Waals surface area contributed by atoms with Gasteiger partial charge in [0.2, 0.25) is 0 Å². The third-order valence-corrected chi connectivity index (χ3v) is 13.9.